The van der Waals surface area contributed by atoms with Crippen molar-refractivity contribution in [2.75, 3.05) is 20.2 Å². The zero-order chi connectivity index (χ0) is 17.3. The van der Waals surface area contributed by atoms with Gasteiger partial charge in [0.2, 0.25) is 0 Å². The van der Waals surface area contributed by atoms with Crippen molar-refractivity contribution >= 4 is 28.0 Å². The first-order valence-electron chi connectivity index (χ1n) is 8.23. The Morgan fingerprint density at radius 2 is 2.00 bits per heavy atom. The molecule has 2 unspecified atom stereocenters. The number of methoxy groups -OCH3 is 1. The molecule has 1 saturated heterocycles. The Bertz CT molecular complexity index is 640. The van der Waals surface area contributed by atoms with Gasteiger partial charge in [0.1, 0.15) is 5.60 Å². The Morgan fingerprint density at radius 1 is 1.29 bits per heavy atom. The van der Waals surface area contributed by atoms with Gasteiger partial charge >= 0.3 is 12.1 Å². The van der Waals surface area contributed by atoms with Gasteiger partial charge in [-0.2, -0.15) is 0 Å². The zero-order valence-electron chi connectivity index (χ0n) is 14.0. The Kier molecular flexibility index (Phi) is 4.85. The molecule has 1 aromatic carbocycles. The summed E-state index contributed by atoms with van der Waals surface area (Å²) in [7, 11) is 1.38. The molecule has 0 N–H and O–H groups in total. The van der Waals surface area contributed by atoms with Crippen LogP contribution in [0.2, 0.25) is 0 Å². The van der Waals surface area contributed by atoms with E-state index in [0.717, 1.165) is 10.9 Å². The van der Waals surface area contributed by atoms with E-state index in [4.69, 9.17) is 9.47 Å². The van der Waals surface area contributed by atoms with E-state index >= 15 is 0 Å². The molecule has 1 heterocycles. The monoisotopic (exact) mass is 395 g/mol. The van der Waals surface area contributed by atoms with Crippen LogP contribution < -0.4 is 0 Å². The molecule has 0 spiro atoms. The van der Waals surface area contributed by atoms with E-state index in [1.807, 2.05) is 19.1 Å². The summed E-state index contributed by atoms with van der Waals surface area (Å²) in [5, 5.41) is 0. The van der Waals surface area contributed by atoms with Crippen molar-refractivity contribution in [3.8, 4) is 0 Å². The number of halogens is 1. The number of hydrogen-bond acceptors (Lipinski definition) is 4. The number of amides is 1. The van der Waals surface area contributed by atoms with Crippen molar-refractivity contribution in [2.24, 2.45) is 5.92 Å². The molecule has 2 aliphatic rings. The largest absolute Gasteiger partial charge is 0.459 e. The van der Waals surface area contributed by atoms with E-state index in [9.17, 15) is 9.59 Å². The van der Waals surface area contributed by atoms with Gasteiger partial charge in [0.15, 0.2) is 0 Å². The van der Waals surface area contributed by atoms with Gasteiger partial charge in [-0.05, 0) is 37.0 Å². The molecular formula is C18H22BrNO4. The molecular weight excluding hydrogens is 374 g/mol. The second-order valence-electron chi connectivity index (χ2n) is 6.83. The van der Waals surface area contributed by atoms with Crippen LogP contribution in [0.5, 0.6) is 0 Å². The maximum absolute atomic E-state index is 12.5. The molecule has 6 heteroatoms. The first-order chi connectivity index (χ1) is 11.4. The van der Waals surface area contributed by atoms with Crippen LogP contribution >= 0.6 is 15.9 Å². The summed E-state index contributed by atoms with van der Waals surface area (Å²) in [5.74, 6) is 0.0949. The van der Waals surface area contributed by atoms with Crippen molar-refractivity contribution in [2.45, 2.75) is 37.7 Å². The molecule has 1 aromatic rings. The van der Waals surface area contributed by atoms with E-state index in [1.54, 1.807) is 4.90 Å². The Balaban J connectivity index is 1.54. The number of benzene rings is 1. The first kappa shape index (κ1) is 17.3. The fourth-order valence-electron chi connectivity index (χ4n) is 3.27. The topological polar surface area (TPSA) is 55.8 Å². The van der Waals surface area contributed by atoms with Gasteiger partial charge in [-0.3, -0.25) is 4.79 Å². The van der Waals surface area contributed by atoms with Gasteiger partial charge in [-0.1, -0.05) is 28.1 Å². The zero-order valence-corrected chi connectivity index (χ0v) is 15.5. The van der Waals surface area contributed by atoms with Gasteiger partial charge in [0.05, 0.1) is 13.0 Å². The Hall–Kier alpha value is -1.56. The molecule has 2 fully saturated rings. The standard InChI is InChI=1S/C18H22BrNO4/c1-18(6-8-20(9-7-18)17(22)23-2)24-16(21)15-11-14(15)12-4-3-5-13(19)10-12/h3-5,10,14-15H,6-9,11H2,1-2H3. The number of nitrogens with zero attached hydrogens (tertiary/aromatic N) is 1. The molecule has 1 aliphatic carbocycles. The Labute approximate surface area is 150 Å². The third kappa shape index (κ3) is 3.74. The lowest BCUT2D eigenvalue weighted by atomic mass is 9.93. The molecule has 24 heavy (non-hydrogen) atoms. The smallest absolute Gasteiger partial charge is 0.409 e. The maximum atomic E-state index is 12.5. The summed E-state index contributed by atoms with van der Waals surface area (Å²) in [6, 6.07) is 8.09. The Morgan fingerprint density at radius 3 is 2.62 bits per heavy atom. The fourth-order valence-corrected chi connectivity index (χ4v) is 3.69. The lowest BCUT2D eigenvalue weighted by molar-refractivity contribution is -0.163. The fraction of sp³-hybridized carbons (Fsp3) is 0.556. The third-order valence-electron chi connectivity index (χ3n) is 4.97. The van der Waals surface area contributed by atoms with Crippen molar-refractivity contribution in [1.82, 2.24) is 4.90 Å². The van der Waals surface area contributed by atoms with Crippen molar-refractivity contribution in [3.05, 3.63) is 34.3 Å². The van der Waals surface area contributed by atoms with Crippen LogP contribution in [0.15, 0.2) is 28.7 Å². The lowest BCUT2D eigenvalue weighted by Crippen LogP contribution is -2.47. The second kappa shape index (κ2) is 6.75. The summed E-state index contributed by atoms with van der Waals surface area (Å²) < 4.78 is 11.6. The lowest BCUT2D eigenvalue weighted by Gasteiger charge is -2.38. The maximum Gasteiger partial charge on any atom is 0.409 e. The molecule has 1 amide bonds. The van der Waals surface area contributed by atoms with Crippen LogP contribution in [-0.2, 0) is 14.3 Å². The van der Waals surface area contributed by atoms with Crippen LogP contribution in [-0.4, -0.2) is 42.8 Å². The first-order valence-corrected chi connectivity index (χ1v) is 9.02. The predicted octanol–water partition coefficient (Wildman–Crippen LogP) is 3.72. The highest BCUT2D eigenvalue weighted by atomic mass is 79.9. The van der Waals surface area contributed by atoms with E-state index in [0.29, 0.717) is 25.9 Å². The molecule has 1 aliphatic heterocycles. The second-order valence-corrected chi connectivity index (χ2v) is 7.75. The van der Waals surface area contributed by atoms with Gasteiger partial charge in [-0.25, -0.2) is 4.79 Å². The molecule has 0 bridgehead atoms. The molecule has 0 radical (unpaired) electrons. The molecule has 130 valence electrons. The summed E-state index contributed by atoms with van der Waals surface area (Å²) >= 11 is 3.47. The average molecular weight is 396 g/mol. The average Bonchev–Trinajstić information content (AvgIpc) is 3.35. The van der Waals surface area contributed by atoms with Gasteiger partial charge in [0.25, 0.3) is 0 Å². The minimum Gasteiger partial charge on any atom is -0.459 e. The highest BCUT2D eigenvalue weighted by molar-refractivity contribution is 9.10. The molecule has 3 rings (SSSR count). The van der Waals surface area contributed by atoms with Gasteiger partial charge in [0, 0.05) is 30.4 Å². The molecule has 2 atom stereocenters. The number of hydrogen-bond donors (Lipinski definition) is 0. The van der Waals surface area contributed by atoms with Crippen LogP contribution in [0.1, 0.15) is 37.7 Å². The summed E-state index contributed by atoms with van der Waals surface area (Å²) in [6.45, 7) is 3.06. The van der Waals surface area contributed by atoms with E-state index < -0.39 is 5.60 Å². The van der Waals surface area contributed by atoms with E-state index in [1.165, 1.54) is 12.7 Å². The van der Waals surface area contributed by atoms with Gasteiger partial charge in [-0.15, -0.1) is 0 Å². The number of esters is 1. The minimum absolute atomic E-state index is 0.0465. The number of carbonyl (C=O) groups excluding carboxylic acids is 2. The number of piperidine rings is 1. The van der Waals surface area contributed by atoms with E-state index in [-0.39, 0.29) is 23.9 Å². The number of carbonyl (C=O) groups is 2. The predicted molar refractivity (Wildman–Crippen MR) is 92.7 cm³/mol. The van der Waals surface area contributed by atoms with Crippen LogP contribution in [0.25, 0.3) is 0 Å². The number of ether oxygens (including phenoxy) is 2. The van der Waals surface area contributed by atoms with Crippen molar-refractivity contribution in [3.63, 3.8) is 0 Å². The third-order valence-corrected chi connectivity index (χ3v) is 5.46. The van der Waals surface area contributed by atoms with Crippen LogP contribution in [0.3, 0.4) is 0 Å². The van der Waals surface area contributed by atoms with E-state index in [2.05, 4.69) is 28.1 Å². The van der Waals surface area contributed by atoms with Crippen LogP contribution in [0.4, 0.5) is 4.79 Å². The molecule has 1 saturated carbocycles. The van der Waals surface area contributed by atoms with Crippen LogP contribution in [0, 0.1) is 5.92 Å². The minimum atomic E-state index is -0.494. The van der Waals surface area contributed by atoms with Crippen molar-refractivity contribution < 1.29 is 19.1 Å². The summed E-state index contributed by atoms with van der Waals surface area (Å²) in [5.41, 5.74) is 0.684. The highest BCUT2D eigenvalue weighted by Crippen LogP contribution is 2.49. The molecule has 0 aromatic heterocycles. The highest BCUT2D eigenvalue weighted by Gasteiger charge is 2.47. The normalized spacial score (nSPS) is 25.0. The number of likely N-dealkylation sites (tertiary alicyclic amines) is 1. The quantitative estimate of drug-likeness (QED) is 0.731. The van der Waals surface area contributed by atoms with Gasteiger partial charge < -0.3 is 14.4 Å². The summed E-state index contributed by atoms with van der Waals surface area (Å²) in [4.78, 5) is 25.7. The van der Waals surface area contributed by atoms with Crippen molar-refractivity contribution in [1.29, 1.82) is 0 Å². The summed E-state index contributed by atoms with van der Waals surface area (Å²) in [6.07, 6.45) is 1.81. The molecule has 5 nitrogen and oxygen atoms in total. The number of rotatable bonds is 3. The SMILES string of the molecule is COC(=O)N1CCC(C)(OC(=O)C2CC2c2cccc(Br)c2)CC1.